The molecule has 2 aromatic heterocycles. The second-order valence-corrected chi connectivity index (χ2v) is 10.2. The van der Waals surface area contributed by atoms with Crippen LogP contribution in [0.25, 0.3) is 22.0 Å². The highest BCUT2D eigenvalue weighted by Gasteiger charge is 2.55. The lowest BCUT2D eigenvalue weighted by atomic mass is 9.58. The second-order valence-electron chi connectivity index (χ2n) is 10.2. The third-order valence-electron chi connectivity index (χ3n) is 7.69. The number of para-hydroxylation sites is 1. The molecule has 2 fully saturated rings. The van der Waals surface area contributed by atoms with E-state index in [1.54, 1.807) is 48.4 Å². The van der Waals surface area contributed by atoms with Gasteiger partial charge < -0.3 is 14.7 Å². The third-order valence-corrected chi connectivity index (χ3v) is 7.69. The number of carboxylic acids is 1. The van der Waals surface area contributed by atoms with E-state index in [4.69, 9.17) is 5.11 Å². The summed E-state index contributed by atoms with van der Waals surface area (Å²) >= 11 is 0. The Hall–Kier alpha value is -4.28. The molecule has 1 aliphatic carbocycles. The maximum atomic E-state index is 12.9. The molecule has 0 radical (unpaired) electrons. The van der Waals surface area contributed by atoms with Crippen LogP contribution in [0, 0.1) is 11.3 Å². The Morgan fingerprint density at radius 3 is 2.53 bits per heavy atom. The molecule has 6 rings (SSSR count). The van der Waals surface area contributed by atoms with Crippen LogP contribution < -0.4 is 15.2 Å². The standard InChI is InChI=1S/C27H25F2N5O4/c1-32-23(35)20-7-6-16(8-21(20)34(32)13-17-4-2-3-5-22(17)38-25(28)29)19-11-30-26(31-12-19)33-14-27(15-33)9-18(10-27)24(36)37/h2-8,11-12,18,25H,9-10,13-15H2,1H3,(H,36,37). The molecule has 196 valence electrons. The van der Waals surface area contributed by atoms with Crippen LogP contribution in [0.1, 0.15) is 18.4 Å². The maximum Gasteiger partial charge on any atom is 0.387 e. The largest absolute Gasteiger partial charge is 0.481 e. The van der Waals surface area contributed by atoms with Gasteiger partial charge in [-0.2, -0.15) is 8.78 Å². The summed E-state index contributed by atoms with van der Waals surface area (Å²) in [5.74, 6) is -0.297. The number of anilines is 1. The zero-order chi connectivity index (χ0) is 26.6. The topological polar surface area (TPSA) is 102 Å². The second kappa shape index (κ2) is 8.93. The van der Waals surface area contributed by atoms with Gasteiger partial charge >= 0.3 is 12.6 Å². The molecule has 2 aromatic carbocycles. The normalized spacial score (nSPS) is 16.6. The monoisotopic (exact) mass is 521 g/mol. The van der Waals surface area contributed by atoms with Gasteiger partial charge in [-0.15, -0.1) is 0 Å². The fourth-order valence-corrected chi connectivity index (χ4v) is 5.71. The number of carboxylic acid groups (broad SMARTS) is 1. The van der Waals surface area contributed by atoms with E-state index in [0.29, 0.717) is 35.3 Å². The summed E-state index contributed by atoms with van der Waals surface area (Å²) < 4.78 is 33.7. The summed E-state index contributed by atoms with van der Waals surface area (Å²) in [6, 6.07) is 12.0. The van der Waals surface area contributed by atoms with Gasteiger partial charge in [-0.25, -0.2) is 9.97 Å². The van der Waals surface area contributed by atoms with Crippen LogP contribution in [0.5, 0.6) is 5.75 Å². The number of alkyl halides is 2. The van der Waals surface area contributed by atoms with Crippen molar-refractivity contribution in [2.24, 2.45) is 18.4 Å². The van der Waals surface area contributed by atoms with Gasteiger partial charge in [-0.05, 0) is 36.6 Å². The molecule has 0 bridgehead atoms. The highest BCUT2D eigenvalue weighted by atomic mass is 19.3. The van der Waals surface area contributed by atoms with E-state index in [9.17, 15) is 18.4 Å². The summed E-state index contributed by atoms with van der Waals surface area (Å²) in [5.41, 5.74) is 2.62. The van der Waals surface area contributed by atoms with Crippen molar-refractivity contribution >= 4 is 22.8 Å². The van der Waals surface area contributed by atoms with E-state index in [1.165, 1.54) is 10.7 Å². The lowest BCUT2D eigenvalue weighted by Gasteiger charge is -2.58. The third kappa shape index (κ3) is 4.07. The number of hydrogen-bond acceptors (Lipinski definition) is 6. The highest BCUT2D eigenvalue weighted by molar-refractivity contribution is 5.84. The summed E-state index contributed by atoms with van der Waals surface area (Å²) in [5, 5.41) is 9.64. The number of carbonyl (C=O) groups is 1. The van der Waals surface area contributed by atoms with Crippen molar-refractivity contribution in [1.82, 2.24) is 19.3 Å². The fourth-order valence-electron chi connectivity index (χ4n) is 5.71. The van der Waals surface area contributed by atoms with Gasteiger partial charge in [0.25, 0.3) is 5.56 Å². The van der Waals surface area contributed by atoms with E-state index in [0.717, 1.165) is 24.2 Å². The summed E-state index contributed by atoms with van der Waals surface area (Å²) in [6.07, 6.45) is 4.86. The Labute approximate surface area is 215 Å². The number of ether oxygens (including phenoxy) is 1. The summed E-state index contributed by atoms with van der Waals surface area (Å²) in [7, 11) is 1.64. The number of halogens is 2. The van der Waals surface area contributed by atoms with Gasteiger partial charge in [0.1, 0.15) is 5.75 Å². The van der Waals surface area contributed by atoms with Gasteiger partial charge in [-0.1, -0.05) is 24.3 Å². The number of benzene rings is 2. The predicted molar refractivity (Wildman–Crippen MR) is 135 cm³/mol. The highest BCUT2D eigenvalue weighted by Crippen LogP contribution is 2.52. The van der Waals surface area contributed by atoms with Crippen molar-refractivity contribution in [2.45, 2.75) is 26.0 Å². The van der Waals surface area contributed by atoms with Crippen LogP contribution in [-0.4, -0.2) is 50.1 Å². The quantitative estimate of drug-likeness (QED) is 0.395. The first-order chi connectivity index (χ1) is 18.2. The van der Waals surface area contributed by atoms with Gasteiger partial charge in [0.05, 0.1) is 23.4 Å². The minimum absolute atomic E-state index is 0.0603. The molecule has 1 aliphatic heterocycles. The Balaban J connectivity index is 1.25. The summed E-state index contributed by atoms with van der Waals surface area (Å²) in [6.45, 7) is -1.27. The van der Waals surface area contributed by atoms with Crippen LogP contribution in [0.3, 0.4) is 0 Å². The first-order valence-corrected chi connectivity index (χ1v) is 12.3. The van der Waals surface area contributed by atoms with E-state index >= 15 is 0 Å². The van der Waals surface area contributed by atoms with Crippen molar-refractivity contribution in [3.05, 3.63) is 70.8 Å². The smallest absolute Gasteiger partial charge is 0.387 e. The zero-order valence-corrected chi connectivity index (χ0v) is 20.6. The molecule has 9 nitrogen and oxygen atoms in total. The molecule has 1 spiro atoms. The van der Waals surface area contributed by atoms with Gasteiger partial charge in [0, 0.05) is 49.1 Å². The van der Waals surface area contributed by atoms with Crippen molar-refractivity contribution in [1.29, 1.82) is 0 Å². The van der Waals surface area contributed by atoms with Gasteiger partial charge in [0.15, 0.2) is 0 Å². The molecule has 1 saturated carbocycles. The molecule has 1 saturated heterocycles. The number of nitrogens with zero attached hydrogens (tertiary/aromatic N) is 5. The summed E-state index contributed by atoms with van der Waals surface area (Å²) in [4.78, 5) is 35.1. The van der Waals surface area contributed by atoms with Crippen LogP contribution in [0.4, 0.5) is 14.7 Å². The Morgan fingerprint density at radius 1 is 1.13 bits per heavy atom. The van der Waals surface area contributed by atoms with Crippen molar-refractivity contribution < 1.29 is 23.4 Å². The minimum Gasteiger partial charge on any atom is -0.481 e. The molecule has 3 heterocycles. The maximum absolute atomic E-state index is 12.9. The van der Waals surface area contributed by atoms with Crippen molar-refractivity contribution in [2.75, 3.05) is 18.0 Å². The Morgan fingerprint density at radius 2 is 1.84 bits per heavy atom. The van der Waals surface area contributed by atoms with Gasteiger partial charge in [0.2, 0.25) is 5.95 Å². The fraction of sp³-hybridized carbons (Fsp3) is 0.333. The first kappa shape index (κ1) is 24.1. The minimum atomic E-state index is -2.95. The Kier molecular flexibility index (Phi) is 5.66. The van der Waals surface area contributed by atoms with E-state index in [1.807, 2.05) is 12.1 Å². The average Bonchev–Trinajstić information content (AvgIpc) is 3.07. The van der Waals surface area contributed by atoms with Crippen LogP contribution >= 0.6 is 0 Å². The van der Waals surface area contributed by atoms with Crippen LogP contribution in [0.15, 0.2) is 59.7 Å². The number of aliphatic carboxylic acids is 1. The molecule has 11 heteroatoms. The predicted octanol–water partition coefficient (Wildman–Crippen LogP) is 3.75. The number of hydrogen-bond donors (Lipinski definition) is 1. The van der Waals surface area contributed by atoms with Gasteiger partial charge in [-0.3, -0.25) is 19.0 Å². The molecular weight excluding hydrogens is 496 g/mol. The Bertz CT molecular complexity index is 1580. The van der Waals surface area contributed by atoms with Crippen LogP contribution in [0.2, 0.25) is 0 Å². The SMILES string of the molecule is Cn1c(=O)c2ccc(-c3cnc(N4CC5(CC(C(=O)O)C5)C4)nc3)cc2n1Cc1ccccc1OC(F)F. The molecule has 1 N–H and O–H groups in total. The van der Waals surface area contributed by atoms with Crippen molar-refractivity contribution in [3.8, 4) is 16.9 Å². The molecule has 38 heavy (non-hydrogen) atoms. The van der Waals surface area contributed by atoms with Crippen molar-refractivity contribution in [3.63, 3.8) is 0 Å². The number of fused-ring (bicyclic) bond motifs is 1. The first-order valence-electron chi connectivity index (χ1n) is 12.3. The van der Waals surface area contributed by atoms with Crippen LogP contribution in [-0.2, 0) is 18.4 Å². The molecule has 2 aliphatic rings. The lowest BCUT2D eigenvalue weighted by Crippen LogP contribution is -2.63. The zero-order valence-electron chi connectivity index (χ0n) is 20.6. The molecule has 0 unspecified atom stereocenters. The lowest BCUT2D eigenvalue weighted by molar-refractivity contribution is -0.151. The number of rotatable bonds is 7. The van der Waals surface area contributed by atoms with E-state index < -0.39 is 12.6 Å². The molecule has 4 aromatic rings. The molecule has 0 amide bonds. The molecular formula is C27H25F2N5O4. The van der Waals surface area contributed by atoms with E-state index in [2.05, 4.69) is 19.6 Å². The number of aromatic nitrogens is 4. The molecule has 0 atom stereocenters. The van der Waals surface area contributed by atoms with E-state index in [-0.39, 0.29) is 29.2 Å². The average molecular weight is 522 g/mol.